The Hall–Kier alpha value is -1.14. The number of carbonyl (C=O) groups is 2. The fraction of sp³-hybridized carbons (Fsp3) is 0.946. The van der Waals surface area contributed by atoms with Crippen LogP contribution in [0.4, 0.5) is 0 Å². The lowest BCUT2D eigenvalue weighted by Gasteiger charge is -2.55. The molecule has 9 rings (SSSR count). The van der Waals surface area contributed by atoms with Gasteiger partial charge < -0.3 is 18.9 Å². The number of ether oxygens (including phenoxy) is 4. The van der Waals surface area contributed by atoms with Gasteiger partial charge in [0.05, 0.1) is 29.5 Å². The molecule has 1 heterocycles. The zero-order valence-electron chi connectivity index (χ0n) is 26.7. The molecule has 0 amide bonds. The molecule has 0 radical (unpaired) electrons. The molecule has 9 aliphatic rings. The van der Waals surface area contributed by atoms with Gasteiger partial charge in [-0.25, -0.2) is 0 Å². The summed E-state index contributed by atoms with van der Waals surface area (Å²) in [6, 6.07) is 0. The van der Waals surface area contributed by atoms with Crippen LogP contribution in [-0.4, -0.2) is 44.7 Å². The van der Waals surface area contributed by atoms with E-state index >= 15 is 0 Å². The Morgan fingerprint density at radius 3 is 1.79 bits per heavy atom. The van der Waals surface area contributed by atoms with Gasteiger partial charge in [0.1, 0.15) is 13.2 Å². The fourth-order valence-corrected chi connectivity index (χ4v) is 12.7. The minimum atomic E-state index is -0.639. The molecule has 1 saturated heterocycles. The van der Waals surface area contributed by atoms with Gasteiger partial charge in [0.2, 0.25) is 0 Å². The minimum Gasteiger partial charge on any atom is -0.464 e. The summed E-state index contributed by atoms with van der Waals surface area (Å²) in [7, 11) is 0. The molecule has 8 saturated carbocycles. The molecule has 0 aromatic carbocycles. The summed E-state index contributed by atoms with van der Waals surface area (Å²) in [5.74, 6) is 5.35. The van der Waals surface area contributed by atoms with Crippen molar-refractivity contribution in [1.29, 1.82) is 0 Å². The average molecular weight is 597 g/mol. The molecule has 8 aliphatic carbocycles. The van der Waals surface area contributed by atoms with Crippen LogP contribution in [-0.2, 0) is 28.5 Å². The number of carbonyl (C=O) groups excluding carboxylic acids is 2. The molecule has 43 heavy (non-hydrogen) atoms. The summed E-state index contributed by atoms with van der Waals surface area (Å²) < 4.78 is 25.7. The molecular formula is C37H56O6. The Bertz CT molecular complexity index is 975. The lowest BCUT2D eigenvalue weighted by Crippen LogP contribution is -2.54. The van der Waals surface area contributed by atoms with E-state index < -0.39 is 5.41 Å². The van der Waals surface area contributed by atoms with Crippen molar-refractivity contribution in [1.82, 2.24) is 0 Å². The maximum atomic E-state index is 13.9. The van der Waals surface area contributed by atoms with Crippen molar-refractivity contribution in [3.63, 3.8) is 0 Å². The van der Waals surface area contributed by atoms with Gasteiger partial charge in [0.25, 0.3) is 0 Å². The lowest BCUT2D eigenvalue weighted by molar-refractivity contribution is -0.273. The van der Waals surface area contributed by atoms with Gasteiger partial charge in [0.15, 0.2) is 6.29 Å². The Kier molecular flexibility index (Phi) is 7.68. The smallest absolute Gasteiger partial charge is 0.312 e. The highest BCUT2D eigenvalue weighted by Gasteiger charge is 2.56. The van der Waals surface area contributed by atoms with Crippen LogP contribution < -0.4 is 0 Å². The van der Waals surface area contributed by atoms with Gasteiger partial charge in [-0.2, -0.15) is 0 Å². The highest BCUT2D eigenvalue weighted by molar-refractivity contribution is 5.78. The number of esters is 2. The van der Waals surface area contributed by atoms with Crippen LogP contribution in [0.3, 0.4) is 0 Å². The molecule has 5 atom stereocenters. The van der Waals surface area contributed by atoms with E-state index in [1.54, 1.807) is 0 Å². The Morgan fingerprint density at radius 1 is 0.628 bits per heavy atom. The van der Waals surface area contributed by atoms with Crippen molar-refractivity contribution in [2.75, 3.05) is 26.4 Å². The third-order valence-corrected chi connectivity index (χ3v) is 14.0. The second-order valence-corrected chi connectivity index (χ2v) is 17.8. The van der Waals surface area contributed by atoms with Crippen LogP contribution in [0, 0.1) is 63.6 Å². The normalized spacial score (nSPS) is 50.2. The van der Waals surface area contributed by atoms with Crippen LogP contribution in [0.5, 0.6) is 0 Å². The van der Waals surface area contributed by atoms with Gasteiger partial charge in [-0.1, -0.05) is 39.0 Å². The number of hydrogen-bond acceptors (Lipinski definition) is 6. The van der Waals surface area contributed by atoms with Crippen molar-refractivity contribution in [2.24, 2.45) is 63.6 Å². The zero-order valence-corrected chi connectivity index (χ0v) is 26.7. The van der Waals surface area contributed by atoms with E-state index in [0.717, 1.165) is 56.8 Å². The molecule has 5 unspecified atom stereocenters. The van der Waals surface area contributed by atoms with Crippen LogP contribution in [0.1, 0.15) is 122 Å². The number of fused-ring (bicyclic) bond motifs is 4. The Morgan fingerprint density at radius 2 is 1.16 bits per heavy atom. The summed E-state index contributed by atoms with van der Waals surface area (Å²) >= 11 is 0. The maximum absolute atomic E-state index is 13.9. The van der Waals surface area contributed by atoms with E-state index in [2.05, 4.69) is 6.92 Å². The van der Waals surface area contributed by atoms with Crippen molar-refractivity contribution < 1.29 is 28.5 Å². The maximum Gasteiger partial charge on any atom is 0.312 e. The van der Waals surface area contributed by atoms with E-state index in [9.17, 15) is 9.59 Å². The molecule has 240 valence electrons. The largest absolute Gasteiger partial charge is 0.464 e. The quantitative estimate of drug-likeness (QED) is 0.284. The van der Waals surface area contributed by atoms with Gasteiger partial charge in [-0.15, -0.1) is 0 Å². The first-order chi connectivity index (χ1) is 20.8. The Balaban J connectivity index is 0.953. The second kappa shape index (κ2) is 11.3. The van der Waals surface area contributed by atoms with E-state index in [1.165, 1.54) is 70.6 Å². The summed E-state index contributed by atoms with van der Waals surface area (Å²) in [5, 5.41) is 0. The van der Waals surface area contributed by atoms with Crippen molar-refractivity contribution in [2.45, 2.75) is 129 Å². The molecule has 1 aliphatic heterocycles. The predicted molar refractivity (Wildman–Crippen MR) is 162 cm³/mol. The second-order valence-electron chi connectivity index (χ2n) is 17.8. The van der Waals surface area contributed by atoms with Gasteiger partial charge >= 0.3 is 11.9 Å². The summed E-state index contributed by atoms with van der Waals surface area (Å²) in [6.45, 7) is 3.58. The van der Waals surface area contributed by atoms with Crippen molar-refractivity contribution in [3.8, 4) is 0 Å². The fourth-order valence-electron chi connectivity index (χ4n) is 12.7. The summed E-state index contributed by atoms with van der Waals surface area (Å²) in [4.78, 5) is 27.7. The molecule has 8 bridgehead atoms. The van der Waals surface area contributed by atoms with Gasteiger partial charge in [-0.05, 0) is 125 Å². The molecule has 0 aromatic rings. The van der Waals surface area contributed by atoms with Crippen LogP contribution in [0.25, 0.3) is 0 Å². The highest BCUT2D eigenvalue weighted by atomic mass is 16.7. The number of rotatable bonds is 7. The van der Waals surface area contributed by atoms with E-state index in [1.807, 2.05) is 0 Å². The van der Waals surface area contributed by atoms with Crippen LogP contribution in [0.15, 0.2) is 0 Å². The van der Waals surface area contributed by atoms with E-state index in [0.29, 0.717) is 48.7 Å². The Labute approximate surface area is 259 Å². The van der Waals surface area contributed by atoms with Crippen molar-refractivity contribution in [3.05, 3.63) is 0 Å². The third kappa shape index (κ3) is 5.61. The minimum absolute atomic E-state index is 0.00523. The lowest BCUT2D eigenvalue weighted by atomic mass is 9.49. The first-order valence-corrected chi connectivity index (χ1v) is 18.4. The zero-order chi connectivity index (χ0) is 29.2. The topological polar surface area (TPSA) is 71.1 Å². The third-order valence-electron chi connectivity index (χ3n) is 14.0. The van der Waals surface area contributed by atoms with E-state index in [-0.39, 0.29) is 42.3 Å². The molecular weight excluding hydrogens is 540 g/mol. The highest BCUT2D eigenvalue weighted by Crippen LogP contribution is 2.60. The average Bonchev–Trinajstić information content (AvgIpc) is 2.98. The van der Waals surface area contributed by atoms with Crippen LogP contribution in [0.2, 0.25) is 0 Å². The summed E-state index contributed by atoms with van der Waals surface area (Å²) in [6.07, 6.45) is 21.0. The molecule has 6 nitrogen and oxygen atoms in total. The monoisotopic (exact) mass is 596 g/mol. The molecule has 6 heteroatoms. The van der Waals surface area contributed by atoms with Gasteiger partial charge in [0, 0.05) is 5.92 Å². The van der Waals surface area contributed by atoms with E-state index in [4.69, 9.17) is 18.9 Å². The van der Waals surface area contributed by atoms with Crippen molar-refractivity contribution >= 4 is 11.9 Å². The first kappa shape index (κ1) is 29.3. The van der Waals surface area contributed by atoms with Crippen LogP contribution >= 0.6 is 0 Å². The summed E-state index contributed by atoms with van der Waals surface area (Å²) in [5.41, 5.74) is -1.27. The predicted octanol–water partition coefficient (Wildman–Crippen LogP) is 7.47. The van der Waals surface area contributed by atoms with Gasteiger partial charge in [-0.3, -0.25) is 9.59 Å². The first-order valence-electron chi connectivity index (χ1n) is 18.4. The standard InChI is InChI=1S/C37H56O6/c1-24-8-27-6-3-7-36(15-24,16-27)33(38)42-22-35(20-40-32(41-21-35)31-13-25-4-2-5-26(9-25)14-31)23-43-34(39)37-17-28-10-29(18-37)12-30(11-28)19-37/h24-32H,2-23H2,1H3. The molecule has 0 aromatic heterocycles. The number of hydrogen-bond donors (Lipinski definition) is 0. The molecule has 9 fully saturated rings. The SMILES string of the molecule is CC1CC2CCCC(C(=O)OCC3(COC(=O)C45CC6CC(CC(C6)C4)C5)COC(C4CC5CCCC(C5)C4)OC3)(C1)C2. The molecule has 0 N–H and O–H groups in total. The molecule has 0 spiro atoms.